The molecule has 158 valence electrons. The van der Waals surface area contributed by atoms with Crippen molar-refractivity contribution in [3.8, 4) is 0 Å². The number of nitrogens with zero attached hydrogens (tertiary/aromatic N) is 3. The summed E-state index contributed by atoms with van der Waals surface area (Å²) in [6, 6.07) is 11.1. The molecule has 0 spiro atoms. The predicted octanol–water partition coefficient (Wildman–Crippen LogP) is 2.88. The van der Waals surface area contributed by atoms with Crippen molar-refractivity contribution in [3.63, 3.8) is 0 Å². The maximum Gasteiger partial charge on any atom is 0.242 e. The Morgan fingerprint density at radius 2 is 1.90 bits per heavy atom. The van der Waals surface area contributed by atoms with Gasteiger partial charge in [-0.05, 0) is 60.7 Å². The molecular formula is C22H26N4O3S. The van der Waals surface area contributed by atoms with Crippen LogP contribution in [0.3, 0.4) is 0 Å². The lowest BCUT2D eigenvalue weighted by Crippen LogP contribution is -2.22. The van der Waals surface area contributed by atoms with Gasteiger partial charge in [0.25, 0.3) is 0 Å². The highest BCUT2D eigenvalue weighted by Gasteiger charge is 2.19. The molecule has 4 rings (SSSR count). The maximum atomic E-state index is 12.4. The van der Waals surface area contributed by atoms with Crippen LogP contribution in [0, 0.1) is 0 Å². The Hall–Kier alpha value is -2.71. The molecule has 0 saturated carbocycles. The Bertz CT molecular complexity index is 1230. The number of fused-ring (bicyclic) bond motifs is 2. The molecule has 0 unspecified atom stereocenters. The number of benzene rings is 2. The third-order valence-corrected chi connectivity index (χ3v) is 7.49. The van der Waals surface area contributed by atoms with E-state index in [1.54, 1.807) is 18.2 Å². The molecule has 1 N–H and O–H groups in total. The van der Waals surface area contributed by atoms with E-state index in [2.05, 4.69) is 22.4 Å². The van der Waals surface area contributed by atoms with Gasteiger partial charge in [-0.1, -0.05) is 6.07 Å². The lowest BCUT2D eigenvalue weighted by Gasteiger charge is -2.10. The van der Waals surface area contributed by atoms with E-state index in [1.165, 1.54) is 35.9 Å². The molecule has 7 nitrogen and oxygen atoms in total. The van der Waals surface area contributed by atoms with Gasteiger partial charge in [-0.25, -0.2) is 17.7 Å². The van der Waals surface area contributed by atoms with E-state index in [1.807, 2.05) is 17.7 Å². The van der Waals surface area contributed by atoms with E-state index in [-0.39, 0.29) is 10.8 Å². The first-order chi connectivity index (χ1) is 14.3. The van der Waals surface area contributed by atoms with E-state index in [4.69, 9.17) is 0 Å². The van der Waals surface area contributed by atoms with Crippen LogP contribution < -0.4 is 5.32 Å². The van der Waals surface area contributed by atoms with E-state index in [9.17, 15) is 13.2 Å². The Morgan fingerprint density at radius 1 is 1.13 bits per heavy atom. The highest BCUT2D eigenvalue weighted by molar-refractivity contribution is 7.89. The molecule has 0 bridgehead atoms. The zero-order valence-corrected chi connectivity index (χ0v) is 18.3. The lowest BCUT2D eigenvalue weighted by molar-refractivity contribution is -0.116. The summed E-state index contributed by atoms with van der Waals surface area (Å²) in [5, 5.41) is 2.98. The molecule has 0 saturated heterocycles. The molecule has 1 amide bonds. The van der Waals surface area contributed by atoms with Gasteiger partial charge >= 0.3 is 0 Å². The molecule has 0 atom stereocenters. The maximum absolute atomic E-state index is 12.4. The van der Waals surface area contributed by atoms with Gasteiger partial charge in [-0.15, -0.1) is 0 Å². The number of imidazole rings is 1. The molecule has 3 aromatic rings. The first-order valence-corrected chi connectivity index (χ1v) is 11.5. The molecule has 0 aliphatic heterocycles. The molecule has 30 heavy (non-hydrogen) atoms. The van der Waals surface area contributed by atoms with Crippen molar-refractivity contribution in [2.24, 2.45) is 7.05 Å². The fourth-order valence-corrected chi connectivity index (χ4v) is 4.84. The van der Waals surface area contributed by atoms with Gasteiger partial charge in [-0.2, -0.15) is 0 Å². The first kappa shape index (κ1) is 20.6. The molecule has 1 aliphatic rings. The van der Waals surface area contributed by atoms with Gasteiger partial charge in [-0.3, -0.25) is 4.79 Å². The second-order valence-electron chi connectivity index (χ2n) is 7.91. The SMILES string of the molecule is CN(C)S(=O)(=O)c1ccc2c(c1)nc(CCC(=O)Nc1ccc3c(c1)CCC3)n2C. The number of rotatable bonds is 6. The smallest absolute Gasteiger partial charge is 0.242 e. The summed E-state index contributed by atoms with van der Waals surface area (Å²) in [6.45, 7) is 0. The number of carbonyl (C=O) groups is 1. The number of anilines is 1. The number of hydrogen-bond acceptors (Lipinski definition) is 4. The van der Waals surface area contributed by atoms with Crippen LogP contribution in [0.4, 0.5) is 5.69 Å². The highest BCUT2D eigenvalue weighted by atomic mass is 32.2. The molecule has 8 heteroatoms. The summed E-state index contributed by atoms with van der Waals surface area (Å²) in [5.74, 6) is 0.685. The van der Waals surface area contributed by atoms with Crippen molar-refractivity contribution in [2.75, 3.05) is 19.4 Å². The predicted molar refractivity (Wildman–Crippen MR) is 117 cm³/mol. The van der Waals surface area contributed by atoms with Gasteiger partial charge in [0.15, 0.2) is 0 Å². The van der Waals surface area contributed by atoms with Gasteiger partial charge in [0.1, 0.15) is 5.82 Å². The van der Waals surface area contributed by atoms with Gasteiger partial charge < -0.3 is 9.88 Å². The van der Waals surface area contributed by atoms with Crippen LogP contribution in [0.2, 0.25) is 0 Å². The average molecular weight is 427 g/mol. The fourth-order valence-electron chi connectivity index (χ4n) is 3.92. The third-order valence-electron chi connectivity index (χ3n) is 5.68. The van der Waals surface area contributed by atoms with Crippen molar-refractivity contribution in [3.05, 3.63) is 53.3 Å². The number of nitrogens with one attached hydrogen (secondary N) is 1. The topological polar surface area (TPSA) is 84.3 Å². The summed E-state index contributed by atoms with van der Waals surface area (Å²) in [4.78, 5) is 17.2. The molecule has 1 aliphatic carbocycles. The monoisotopic (exact) mass is 426 g/mol. The summed E-state index contributed by atoms with van der Waals surface area (Å²) < 4.78 is 27.8. The fraction of sp³-hybridized carbons (Fsp3) is 0.364. The zero-order valence-electron chi connectivity index (χ0n) is 17.5. The largest absolute Gasteiger partial charge is 0.331 e. The number of amides is 1. The molecule has 2 aromatic carbocycles. The van der Waals surface area contributed by atoms with Crippen molar-refractivity contribution in [2.45, 2.75) is 37.0 Å². The minimum Gasteiger partial charge on any atom is -0.331 e. The molecule has 0 radical (unpaired) electrons. The normalized spacial score (nSPS) is 13.7. The standard InChI is InChI=1S/C22H26N4O3S/c1-25(2)30(28,29)18-9-10-20-19(14-18)24-21(26(20)3)11-12-22(27)23-17-8-7-15-5-4-6-16(15)13-17/h7-10,13-14H,4-6,11-12H2,1-3H3,(H,23,27). The molecule has 0 fully saturated rings. The van der Waals surface area contributed by atoms with Crippen LogP contribution in [0.15, 0.2) is 41.3 Å². The Labute approximate surface area is 176 Å². The number of sulfonamides is 1. The Kier molecular flexibility index (Phi) is 5.38. The number of aromatic nitrogens is 2. The Morgan fingerprint density at radius 3 is 2.67 bits per heavy atom. The quantitative estimate of drug-likeness (QED) is 0.657. The highest BCUT2D eigenvalue weighted by Crippen LogP contribution is 2.25. The summed E-state index contributed by atoms with van der Waals surface area (Å²) in [6.07, 6.45) is 4.14. The molecule has 1 heterocycles. The minimum absolute atomic E-state index is 0.0594. The second-order valence-corrected chi connectivity index (χ2v) is 10.1. The number of hydrogen-bond donors (Lipinski definition) is 1. The minimum atomic E-state index is -3.52. The van der Waals surface area contributed by atoms with E-state index in [0.717, 1.165) is 29.9 Å². The zero-order chi connectivity index (χ0) is 21.5. The summed E-state index contributed by atoms with van der Waals surface area (Å²) in [5.41, 5.74) is 4.98. The van der Waals surface area contributed by atoms with E-state index >= 15 is 0 Å². The van der Waals surface area contributed by atoms with Crippen LogP contribution in [-0.4, -0.2) is 42.3 Å². The molecular weight excluding hydrogens is 400 g/mol. The van der Waals surface area contributed by atoms with E-state index < -0.39 is 10.0 Å². The van der Waals surface area contributed by atoms with E-state index in [0.29, 0.717) is 18.4 Å². The van der Waals surface area contributed by atoms with Crippen molar-refractivity contribution in [1.29, 1.82) is 0 Å². The lowest BCUT2D eigenvalue weighted by atomic mass is 10.1. The number of aryl methyl sites for hydroxylation is 4. The third kappa shape index (κ3) is 3.85. The van der Waals surface area contributed by atoms with Crippen LogP contribution in [0.1, 0.15) is 29.8 Å². The van der Waals surface area contributed by atoms with Crippen LogP contribution in [0.25, 0.3) is 11.0 Å². The summed E-state index contributed by atoms with van der Waals surface area (Å²) in [7, 11) is 1.37. The number of carbonyl (C=O) groups excluding carboxylic acids is 1. The van der Waals surface area contributed by atoms with Gasteiger partial charge in [0.05, 0.1) is 15.9 Å². The second kappa shape index (κ2) is 7.85. The average Bonchev–Trinajstić information content (AvgIpc) is 3.30. The van der Waals surface area contributed by atoms with Crippen LogP contribution in [0.5, 0.6) is 0 Å². The van der Waals surface area contributed by atoms with Crippen LogP contribution in [-0.2, 0) is 41.1 Å². The van der Waals surface area contributed by atoms with Gasteiger partial charge in [0.2, 0.25) is 15.9 Å². The van der Waals surface area contributed by atoms with Crippen molar-refractivity contribution in [1.82, 2.24) is 13.9 Å². The Balaban J connectivity index is 1.47. The first-order valence-electron chi connectivity index (χ1n) is 10.1. The summed E-state index contributed by atoms with van der Waals surface area (Å²) >= 11 is 0. The van der Waals surface area contributed by atoms with Gasteiger partial charge in [0, 0.05) is 39.7 Å². The van der Waals surface area contributed by atoms with Crippen molar-refractivity contribution < 1.29 is 13.2 Å². The van der Waals surface area contributed by atoms with Crippen molar-refractivity contribution >= 4 is 32.7 Å². The van der Waals surface area contributed by atoms with Crippen LogP contribution >= 0.6 is 0 Å². The molecule has 1 aromatic heterocycles.